The van der Waals surface area contributed by atoms with E-state index in [9.17, 15) is 43.2 Å². The average molecular weight is 1370 g/mol. The zero-order valence-corrected chi connectivity index (χ0v) is 62.3. The first-order valence-corrected chi connectivity index (χ1v) is 41.5. The van der Waals surface area contributed by atoms with Crippen LogP contribution in [0.4, 0.5) is 0 Å². The first kappa shape index (κ1) is 91.1. The average Bonchev–Trinajstić information content (AvgIpc) is 1.76. The molecule has 93 heavy (non-hydrogen) atoms. The minimum Gasteiger partial charge on any atom is -0.462 e. The van der Waals surface area contributed by atoms with Crippen LogP contribution in [0.5, 0.6) is 0 Å². The molecule has 0 radical (unpaired) electrons. The van der Waals surface area contributed by atoms with Gasteiger partial charge in [-0.05, 0) is 37.5 Å². The zero-order valence-electron chi connectivity index (χ0n) is 60.6. The number of phosphoric acid groups is 2. The van der Waals surface area contributed by atoms with Crippen molar-refractivity contribution in [2.75, 3.05) is 39.6 Å². The predicted molar refractivity (Wildman–Crippen MR) is 377 cm³/mol. The Morgan fingerprint density at radius 3 is 0.731 bits per heavy atom. The van der Waals surface area contributed by atoms with Gasteiger partial charge in [0.2, 0.25) is 0 Å². The van der Waals surface area contributed by atoms with Crippen LogP contribution in [-0.2, 0) is 65.4 Å². The summed E-state index contributed by atoms with van der Waals surface area (Å²) < 4.78 is 68.3. The minimum atomic E-state index is -4.95. The molecule has 3 N–H and O–H groups in total. The number of hydrogen-bond acceptors (Lipinski definition) is 15. The molecule has 0 saturated heterocycles. The Bertz CT molecular complexity index is 1800. The van der Waals surface area contributed by atoms with E-state index in [1.165, 1.54) is 186 Å². The van der Waals surface area contributed by atoms with Crippen LogP contribution in [-0.4, -0.2) is 96.7 Å². The van der Waals surface area contributed by atoms with Crippen LogP contribution in [0.2, 0.25) is 0 Å². The van der Waals surface area contributed by atoms with Crippen molar-refractivity contribution in [1.29, 1.82) is 0 Å². The second-order valence-electron chi connectivity index (χ2n) is 27.6. The molecule has 552 valence electrons. The number of carbonyl (C=O) groups excluding carboxylic acids is 4. The van der Waals surface area contributed by atoms with Crippen LogP contribution < -0.4 is 0 Å². The lowest BCUT2D eigenvalue weighted by atomic mass is 10.0. The van der Waals surface area contributed by atoms with Gasteiger partial charge in [0, 0.05) is 25.7 Å². The molecule has 2 unspecified atom stereocenters. The van der Waals surface area contributed by atoms with Crippen molar-refractivity contribution in [1.82, 2.24) is 0 Å². The van der Waals surface area contributed by atoms with Gasteiger partial charge in [-0.1, -0.05) is 330 Å². The fourth-order valence-corrected chi connectivity index (χ4v) is 12.9. The smallest absolute Gasteiger partial charge is 0.462 e. The van der Waals surface area contributed by atoms with E-state index in [1.807, 2.05) is 0 Å². The van der Waals surface area contributed by atoms with E-state index in [1.54, 1.807) is 0 Å². The van der Waals surface area contributed by atoms with Gasteiger partial charge in [0.1, 0.15) is 19.3 Å². The first-order valence-electron chi connectivity index (χ1n) is 38.5. The second kappa shape index (κ2) is 66.0. The molecule has 17 nitrogen and oxygen atoms in total. The third-order valence-electron chi connectivity index (χ3n) is 17.2. The maximum atomic E-state index is 13.1. The Labute approximate surface area is 568 Å². The van der Waals surface area contributed by atoms with E-state index in [2.05, 4.69) is 41.5 Å². The Kier molecular flexibility index (Phi) is 64.6. The van der Waals surface area contributed by atoms with E-state index >= 15 is 0 Å². The molecule has 19 heteroatoms. The van der Waals surface area contributed by atoms with Crippen molar-refractivity contribution in [3.63, 3.8) is 0 Å². The van der Waals surface area contributed by atoms with E-state index in [0.29, 0.717) is 25.7 Å². The van der Waals surface area contributed by atoms with E-state index in [0.717, 1.165) is 115 Å². The Morgan fingerprint density at radius 1 is 0.290 bits per heavy atom. The first-order chi connectivity index (χ1) is 44.9. The normalized spacial score (nSPS) is 14.1. The lowest BCUT2D eigenvalue weighted by Gasteiger charge is -2.21. The maximum Gasteiger partial charge on any atom is 0.472 e. The van der Waals surface area contributed by atoms with Crippen LogP contribution in [0.3, 0.4) is 0 Å². The van der Waals surface area contributed by atoms with Gasteiger partial charge in [-0.15, -0.1) is 0 Å². The SMILES string of the molecule is CCCCCCCCCCCC(=O)O[C@H](COC(=O)CCCCCCCCC)COP(=O)(O)OC[C@H](O)COP(=O)(O)OC[C@@H](COC(=O)CCCCCCCCCCCCCCCCCC(C)C)OC(=O)CCCCCCCCCCCCCCCCCCC(C)C. The van der Waals surface area contributed by atoms with Gasteiger partial charge in [0.25, 0.3) is 0 Å². The fraction of sp³-hybridized carbons (Fsp3) is 0.946. The van der Waals surface area contributed by atoms with Crippen molar-refractivity contribution in [3.05, 3.63) is 0 Å². The Hall–Kier alpha value is -1.94. The lowest BCUT2D eigenvalue weighted by Crippen LogP contribution is -2.30. The third kappa shape index (κ3) is 68.4. The standard InChI is InChI=1S/C74H144O17P2/c1-7-9-11-13-15-31-40-46-52-58-73(78)90-69(62-84-71(76)56-50-44-36-14-12-10-8-2)64-88-92(80,81)86-60-68(75)61-87-93(82,83)89-65-70(63-85-72(77)57-51-45-39-34-29-25-22-18-20-24-28-33-38-43-49-55-67(5)6)91-74(79)59-53-47-41-35-30-26-21-17-16-19-23-27-32-37-42-48-54-66(3)4/h66-70,75H,7-65H2,1-6H3,(H,80,81)(H,82,83)/t68-,69+,70+/m0/s1. The summed E-state index contributed by atoms with van der Waals surface area (Å²) in [6, 6.07) is 0. The predicted octanol–water partition coefficient (Wildman–Crippen LogP) is 21.6. The molecule has 0 saturated carbocycles. The molecule has 0 heterocycles. The van der Waals surface area contributed by atoms with Crippen LogP contribution >= 0.6 is 15.6 Å². The minimum absolute atomic E-state index is 0.105. The lowest BCUT2D eigenvalue weighted by molar-refractivity contribution is -0.161. The monoisotopic (exact) mass is 1370 g/mol. The highest BCUT2D eigenvalue weighted by Crippen LogP contribution is 2.45. The van der Waals surface area contributed by atoms with Crippen molar-refractivity contribution in [2.24, 2.45) is 11.8 Å². The molecule has 0 aliphatic carbocycles. The van der Waals surface area contributed by atoms with Gasteiger partial charge < -0.3 is 33.8 Å². The third-order valence-corrected chi connectivity index (χ3v) is 19.1. The van der Waals surface area contributed by atoms with Crippen molar-refractivity contribution in [3.8, 4) is 0 Å². The van der Waals surface area contributed by atoms with E-state index < -0.39 is 97.5 Å². The van der Waals surface area contributed by atoms with Crippen LogP contribution in [0, 0.1) is 11.8 Å². The molecule has 5 atom stereocenters. The number of carbonyl (C=O) groups is 4. The summed E-state index contributed by atoms with van der Waals surface area (Å²) >= 11 is 0. The highest BCUT2D eigenvalue weighted by atomic mass is 31.2. The highest BCUT2D eigenvalue weighted by molar-refractivity contribution is 7.47. The topological polar surface area (TPSA) is 237 Å². The molecule has 0 aliphatic heterocycles. The van der Waals surface area contributed by atoms with Crippen LogP contribution in [0.25, 0.3) is 0 Å². The summed E-state index contributed by atoms with van der Waals surface area (Å²) in [6.45, 7) is 9.58. The van der Waals surface area contributed by atoms with Crippen molar-refractivity contribution in [2.45, 2.75) is 400 Å². The van der Waals surface area contributed by atoms with Gasteiger partial charge >= 0.3 is 39.5 Å². The Balaban J connectivity index is 5.16. The summed E-state index contributed by atoms with van der Waals surface area (Å²) in [5.41, 5.74) is 0. The van der Waals surface area contributed by atoms with Crippen molar-refractivity contribution >= 4 is 39.5 Å². The quantitative estimate of drug-likeness (QED) is 0.0222. The molecule has 0 aliphatic rings. The van der Waals surface area contributed by atoms with E-state index in [4.69, 9.17) is 37.0 Å². The number of rotatable bonds is 73. The molecule has 0 spiro atoms. The number of aliphatic hydroxyl groups is 1. The van der Waals surface area contributed by atoms with Crippen LogP contribution in [0.1, 0.15) is 382 Å². The summed E-state index contributed by atoms with van der Waals surface area (Å²) in [6.07, 6.45) is 53.0. The summed E-state index contributed by atoms with van der Waals surface area (Å²) in [5.74, 6) is -0.509. The second-order valence-corrected chi connectivity index (χ2v) is 30.5. The molecular weight excluding hydrogens is 1220 g/mol. The largest absolute Gasteiger partial charge is 0.472 e. The van der Waals surface area contributed by atoms with Crippen molar-refractivity contribution < 1.29 is 80.2 Å². The number of hydrogen-bond donors (Lipinski definition) is 3. The molecule has 0 rings (SSSR count). The molecule has 0 fully saturated rings. The van der Waals surface area contributed by atoms with Gasteiger partial charge in [-0.3, -0.25) is 37.3 Å². The number of esters is 4. The highest BCUT2D eigenvalue weighted by Gasteiger charge is 2.30. The molecule has 0 aromatic rings. The summed E-state index contributed by atoms with van der Waals surface area (Å²) in [4.78, 5) is 72.5. The van der Waals surface area contributed by atoms with Gasteiger partial charge in [-0.25, -0.2) is 9.13 Å². The molecule has 0 aromatic heterocycles. The fourth-order valence-electron chi connectivity index (χ4n) is 11.3. The summed E-state index contributed by atoms with van der Waals surface area (Å²) in [5, 5.41) is 10.6. The maximum absolute atomic E-state index is 13.1. The molecule has 0 amide bonds. The van der Waals surface area contributed by atoms with Gasteiger partial charge in [0.05, 0.1) is 26.4 Å². The molecule has 0 aromatic carbocycles. The Morgan fingerprint density at radius 2 is 0.495 bits per heavy atom. The van der Waals surface area contributed by atoms with Gasteiger partial charge in [-0.2, -0.15) is 0 Å². The van der Waals surface area contributed by atoms with Crippen LogP contribution in [0.15, 0.2) is 0 Å². The van der Waals surface area contributed by atoms with E-state index in [-0.39, 0.29) is 25.7 Å². The summed E-state index contributed by atoms with van der Waals surface area (Å²) in [7, 11) is -9.90. The number of ether oxygens (including phenoxy) is 4. The van der Waals surface area contributed by atoms with Gasteiger partial charge in [0.15, 0.2) is 12.2 Å². The number of unbranched alkanes of at least 4 members (excludes halogenated alkanes) is 43. The number of aliphatic hydroxyl groups excluding tert-OH is 1. The molecule has 0 bridgehead atoms. The number of phosphoric ester groups is 2. The zero-order chi connectivity index (χ0) is 68.6. The molecular formula is C74H144O17P2.